The SMILES string of the molecule is Cc1sc2nc(SCC(=O)Nc3ccc(F)c([N+](=O)[O-])c3)n(C)c(=O)c2c1C. The average Bonchev–Trinajstić information content (AvgIpc) is 2.92. The summed E-state index contributed by atoms with van der Waals surface area (Å²) in [5, 5.41) is 14.2. The van der Waals surface area contributed by atoms with Crippen molar-refractivity contribution in [2.75, 3.05) is 11.1 Å². The molecule has 0 saturated carbocycles. The molecule has 0 unspecified atom stereocenters. The van der Waals surface area contributed by atoms with E-state index in [2.05, 4.69) is 10.3 Å². The Morgan fingerprint density at radius 2 is 2.14 bits per heavy atom. The van der Waals surface area contributed by atoms with Crippen LogP contribution >= 0.6 is 23.1 Å². The molecule has 0 fully saturated rings. The van der Waals surface area contributed by atoms with Crippen molar-refractivity contribution >= 4 is 50.6 Å². The maximum absolute atomic E-state index is 13.4. The number of anilines is 1. The van der Waals surface area contributed by atoms with Crippen LogP contribution in [0.25, 0.3) is 10.2 Å². The maximum Gasteiger partial charge on any atom is 0.306 e. The van der Waals surface area contributed by atoms with Crippen LogP contribution in [-0.2, 0) is 11.8 Å². The van der Waals surface area contributed by atoms with Crippen LogP contribution in [-0.4, -0.2) is 26.1 Å². The van der Waals surface area contributed by atoms with Crippen LogP contribution in [0.5, 0.6) is 0 Å². The number of aryl methyl sites for hydroxylation is 2. The lowest BCUT2D eigenvalue weighted by Gasteiger charge is -2.08. The number of carbonyl (C=O) groups is 1. The van der Waals surface area contributed by atoms with Crippen LogP contribution in [0.2, 0.25) is 0 Å². The van der Waals surface area contributed by atoms with Gasteiger partial charge in [0.25, 0.3) is 5.56 Å². The third kappa shape index (κ3) is 3.76. The normalized spacial score (nSPS) is 11.0. The van der Waals surface area contributed by atoms with Gasteiger partial charge < -0.3 is 5.32 Å². The van der Waals surface area contributed by atoms with Gasteiger partial charge in [0.15, 0.2) is 5.16 Å². The third-order valence-electron chi connectivity index (χ3n) is 4.13. The average molecular weight is 422 g/mol. The van der Waals surface area contributed by atoms with E-state index in [0.717, 1.165) is 34.3 Å². The van der Waals surface area contributed by atoms with Gasteiger partial charge in [0.2, 0.25) is 11.7 Å². The molecule has 2 aromatic heterocycles. The molecule has 146 valence electrons. The maximum atomic E-state index is 13.4. The molecule has 3 aromatic rings. The highest BCUT2D eigenvalue weighted by Crippen LogP contribution is 2.28. The van der Waals surface area contributed by atoms with Crippen LogP contribution < -0.4 is 10.9 Å². The zero-order chi connectivity index (χ0) is 20.6. The fraction of sp³-hybridized carbons (Fsp3) is 0.235. The third-order valence-corrected chi connectivity index (χ3v) is 6.26. The van der Waals surface area contributed by atoms with E-state index < -0.39 is 22.3 Å². The molecular formula is C17H15FN4O4S2. The Labute approximate surface area is 166 Å². The van der Waals surface area contributed by atoms with E-state index in [4.69, 9.17) is 0 Å². The second kappa shape index (κ2) is 7.68. The standard InChI is InChI=1S/C17H15FN4O4S2/c1-8-9(2)28-15-14(8)16(24)21(3)17(20-15)27-7-13(23)19-10-4-5-11(18)12(6-10)22(25)26/h4-6H,7H2,1-3H3,(H,19,23). The van der Waals surface area contributed by atoms with Crippen molar-refractivity contribution in [2.24, 2.45) is 7.05 Å². The molecule has 11 heteroatoms. The first-order chi connectivity index (χ1) is 13.2. The topological polar surface area (TPSA) is 107 Å². The van der Waals surface area contributed by atoms with Crippen LogP contribution in [0.4, 0.5) is 15.8 Å². The van der Waals surface area contributed by atoms with Gasteiger partial charge in [-0.25, -0.2) is 4.98 Å². The van der Waals surface area contributed by atoms with Crippen LogP contribution in [0.15, 0.2) is 28.2 Å². The summed E-state index contributed by atoms with van der Waals surface area (Å²) in [7, 11) is 1.59. The number of aromatic nitrogens is 2. The number of carbonyl (C=O) groups excluding carboxylic acids is 1. The molecule has 0 spiro atoms. The summed E-state index contributed by atoms with van der Waals surface area (Å²) in [5.74, 6) is -1.51. The molecule has 8 nitrogen and oxygen atoms in total. The Morgan fingerprint density at radius 3 is 2.82 bits per heavy atom. The number of fused-ring (bicyclic) bond motifs is 1. The lowest BCUT2D eigenvalue weighted by atomic mass is 10.2. The summed E-state index contributed by atoms with van der Waals surface area (Å²) < 4.78 is 14.8. The van der Waals surface area contributed by atoms with Gasteiger partial charge in [-0.15, -0.1) is 11.3 Å². The Morgan fingerprint density at radius 1 is 1.43 bits per heavy atom. The molecule has 28 heavy (non-hydrogen) atoms. The minimum absolute atomic E-state index is 0.0691. The van der Waals surface area contributed by atoms with E-state index in [9.17, 15) is 24.1 Å². The van der Waals surface area contributed by atoms with Gasteiger partial charge in [0.1, 0.15) is 4.83 Å². The Hall–Kier alpha value is -2.79. The Bertz CT molecular complexity index is 1170. The number of hydrogen-bond donors (Lipinski definition) is 1. The van der Waals surface area contributed by atoms with E-state index in [-0.39, 0.29) is 17.0 Å². The largest absolute Gasteiger partial charge is 0.325 e. The summed E-state index contributed by atoms with van der Waals surface area (Å²) in [5.41, 5.74) is 0.119. The van der Waals surface area contributed by atoms with Crippen molar-refractivity contribution < 1.29 is 14.1 Å². The second-order valence-electron chi connectivity index (χ2n) is 5.98. The zero-order valence-electron chi connectivity index (χ0n) is 15.1. The van der Waals surface area contributed by atoms with Crippen molar-refractivity contribution in [1.82, 2.24) is 9.55 Å². The fourth-order valence-electron chi connectivity index (χ4n) is 2.54. The monoisotopic (exact) mass is 422 g/mol. The number of amides is 1. The van der Waals surface area contributed by atoms with Crippen molar-refractivity contribution in [3.63, 3.8) is 0 Å². The summed E-state index contributed by atoms with van der Waals surface area (Å²) in [6.45, 7) is 3.79. The first-order valence-corrected chi connectivity index (χ1v) is 9.82. The first kappa shape index (κ1) is 20.0. The number of thiophene rings is 1. The molecule has 0 radical (unpaired) electrons. The summed E-state index contributed by atoms with van der Waals surface area (Å²) in [6, 6.07) is 3.11. The predicted octanol–water partition coefficient (Wildman–Crippen LogP) is 3.39. The quantitative estimate of drug-likeness (QED) is 0.292. The van der Waals surface area contributed by atoms with E-state index in [0.29, 0.717) is 15.4 Å². The Balaban J connectivity index is 1.76. The number of rotatable bonds is 5. The smallest absolute Gasteiger partial charge is 0.306 e. The second-order valence-corrected chi connectivity index (χ2v) is 8.13. The van der Waals surface area contributed by atoms with E-state index in [1.165, 1.54) is 22.0 Å². The number of nitro benzene ring substituents is 1. The van der Waals surface area contributed by atoms with Gasteiger partial charge in [-0.2, -0.15) is 4.39 Å². The van der Waals surface area contributed by atoms with Crippen LogP contribution in [0.3, 0.4) is 0 Å². The number of hydrogen-bond acceptors (Lipinski definition) is 7. The van der Waals surface area contributed by atoms with Gasteiger partial charge in [0.05, 0.1) is 16.1 Å². The number of nitrogens with zero attached hydrogens (tertiary/aromatic N) is 3. The van der Waals surface area contributed by atoms with Crippen molar-refractivity contribution in [1.29, 1.82) is 0 Å². The molecule has 1 amide bonds. The molecule has 1 aromatic carbocycles. The molecule has 0 bridgehead atoms. The molecule has 1 N–H and O–H groups in total. The van der Waals surface area contributed by atoms with Gasteiger partial charge in [0, 0.05) is 23.7 Å². The van der Waals surface area contributed by atoms with Crippen molar-refractivity contribution in [3.8, 4) is 0 Å². The number of thioether (sulfide) groups is 1. The summed E-state index contributed by atoms with van der Waals surface area (Å²) >= 11 is 2.49. The number of benzene rings is 1. The highest BCUT2D eigenvalue weighted by atomic mass is 32.2. The number of halogens is 1. The van der Waals surface area contributed by atoms with Crippen molar-refractivity contribution in [2.45, 2.75) is 19.0 Å². The zero-order valence-corrected chi connectivity index (χ0v) is 16.7. The van der Waals surface area contributed by atoms with E-state index in [1.807, 2.05) is 13.8 Å². The van der Waals surface area contributed by atoms with Crippen LogP contribution in [0.1, 0.15) is 10.4 Å². The molecule has 0 aliphatic heterocycles. The Kier molecular flexibility index (Phi) is 5.47. The van der Waals surface area contributed by atoms with Crippen LogP contribution in [0, 0.1) is 29.8 Å². The minimum Gasteiger partial charge on any atom is -0.325 e. The molecule has 0 aliphatic rings. The lowest BCUT2D eigenvalue weighted by Crippen LogP contribution is -2.21. The fourth-order valence-corrected chi connectivity index (χ4v) is 4.38. The van der Waals surface area contributed by atoms with Gasteiger partial charge in [-0.3, -0.25) is 24.3 Å². The van der Waals surface area contributed by atoms with Gasteiger partial charge in [-0.05, 0) is 31.5 Å². The number of nitro groups is 1. The molecular weight excluding hydrogens is 407 g/mol. The highest BCUT2D eigenvalue weighted by molar-refractivity contribution is 7.99. The lowest BCUT2D eigenvalue weighted by molar-refractivity contribution is -0.387. The molecule has 3 rings (SSSR count). The van der Waals surface area contributed by atoms with Gasteiger partial charge in [-0.1, -0.05) is 11.8 Å². The van der Waals surface area contributed by atoms with E-state index in [1.54, 1.807) is 7.05 Å². The molecule has 0 saturated heterocycles. The van der Waals surface area contributed by atoms with E-state index >= 15 is 0 Å². The van der Waals surface area contributed by atoms with Crippen molar-refractivity contribution in [3.05, 3.63) is 54.9 Å². The number of nitrogens with one attached hydrogen (secondary N) is 1. The molecule has 0 atom stereocenters. The van der Waals surface area contributed by atoms with Gasteiger partial charge >= 0.3 is 5.69 Å². The molecule has 0 aliphatic carbocycles. The highest BCUT2D eigenvalue weighted by Gasteiger charge is 2.17. The summed E-state index contributed by atoms with van der Waals surface area (Å²) in [6.07, 6.45) is 0. The summed E-state index contributed by atoms with van der Waals surface area (Å²) in [4.78, 5) is 40.8. The first-order valence-electron chi connectivity index (χ1n) is 8.02. The minimum atomic E-state index is -0.980. The predicted molar refractivity (Wildman–Crippen MR) is 107 cm³/mol. The molecule has 2 heterocycles.